The number of hydrogen-bond donors (Lipinski definition) is 1. The molecule has 2 rings (SSSR count). The molecule has 0 saturated carbocycles. The fourth-order valence-electron chi connectivity index (χ4n) is 2.35. The van der Waals surface area contributed by atoms with E-state index in [4.69, 9.17) is 9.47 Å². The smallest absolute Gasteiger partial charge is 0.102 e. The minimum Gasteiger partial charge on any atom is -0.392 e. The molecule has 1 fully saturated rings. The first-order valence-electron chi connectivity index (χ1n) is 5.79. The zero-order valence-corrected chi connectivity index (χ0v) is 10.3. The first-order chi connectivity index (χ1) is 8.30. The van der Waals surface area contributed by atoms with Crippen molar-refractivity contribution in [2.75, 3.05) is 32.2 Å². The minimum absolute atomic E-state index is 0.0575. The second kappa shape index (κ2) is 5.49. The molecule has 0 aliphatic carbocycles. The van der Waals surface area contributed by atoms with Crippen LogP contribution in [0.3, 0.4) is 0 Å². The van der Waals surface area contributed by atoms with E-state index < -0.39 is 0 Å². The summed E-state index contributed by atoms with van der Waals surface area (Å²) in [6.07, 6.45) is 0.179. The van der Waals surface area contributed by atoms with Crippen molar-refractivity contribution in [1.82, 2.24) is 0 Å². The molecule has 4 heteroatoms. The van der Waals surface area contributed by atoms with Crippen LogP contribution in [0, 0.1) is 0 Å². The molecular formula is C13H19NO3. The standard InChI is InChI=1S/C13H19NO3/c1-16-12-7-14(8-13(12)17-2)11-6-4-3-5-10(11)9-15/h3-6,12-13,15H,7-9H2,1-2H3. The number of para-hydroxylation sites is 1. The van der Waals surface area contributed by atoms with E-state index in [2.05, 4.69) is 4.90 Å². The number of methoxy groups -OCH3 is 2. The van der Waals surface area contributed by atoms with Gasteiger partial charge >= 0.3 is 0 Å². The normalized spacial score (nSPS) is 24.3. The Labute approximate surface area is 102 Å². The summed E-state index contributed by atoms with van der Waals surface area (Å²) < 4.78 is 10.8. The van der Waals surface area contributed by atoms with Gasteiger partial charge in [0.2, 0.25) is 0 Å². The second-order valence-electron chi connectivity index (χ2n) is 4.24. The van der Waals surface area contributed by atoms with Gasteiger partial charge in [-0.25, -0.2) is 0 Å². The molecule has 1 heterocycles. The van der Waals surface area contributed by atoms with Crippen molar-refractivity contribution in [3.05, 3.63) is 29.8 Å². The van der Waals surface area contributed by atoms with Crippen molar-refractivity contribution in [2.24, 2.45) is 0 Å². The molecule has 1 N–H and O–H groups in total. The number of hydrogen-bond acceptors (Lipinski definition) is 4. The van der Waals surface area contributed by atoms with Crippen molar-refractivity contribution in [3.8, 4) is 0 Å². The van der Waals surface area contributed by atoms with Crippen LogP contribution in [0.15, 0.2) is 24.3 Å². The highest BCUT2D eigenvalue weighted by atomic mass is 16.5. The van der Waals surface area contributed by atoms with Gasteiger partial charge in [-0.15, -0.1) is 0 Å². The van der Waals surface area contributed by atoms with Crippen LogP contribution in [0.25, 0.3) is 0 Å². The number of rotatable bonds is 4. The van der Waals surface area contributed by atoms with Crippen LogP contribution in [0.1, 0.15) is 5.56 Å². The van der Waals surface area contributed by atoms with E-state index in [1.807, 2.05) is 24.3 Å². The summed E-state index contributed by atoms with van der Waals surface area (Å²) in [5.74, 6) is 0. The molecule has 2 unspecified atom stereocenters. The largest absolute Gasteiger partial charge is 0.392 e. The lowest BCUT2D eigenvalue weighted by molar-refractivity contribution is -0.00461. The molecule has 4 nitrogen and oxygen atoms in total. The summed E-state index contributed by atoms with van der Waals surface area (Å²) in [6, 6.07) is 7.89. The SMILES string of the molecule is COC1CN(c2ccccc2CO)CC1OC. The average Bonchev–Trinajstić information content (AvgIpc) is 2.81. The Hall–Kier alpha value is -1.10. The monoisotopic (exact) mass is 237 g/mol. The fraction of sp³-hybridized carbons (Fsp3) is 0.538. The summed E-state index contributed by atoms with van der Waals surface area (Å²) in [7, 11) is 3.41. The fourth-order valence-corrected chi connectivity index (χ4v) is 2.35. The third-order valence-corrected chi connectivity index (χ3v) is 3.32. The number of aliphatic hydroxyl groups is 1. The third-order valence-electron chi connectivity index (χ3n) is 3.32. The van der Waals surface area contributed by atoms with Gasteiger partial charge in [-0.05, 0) is 6.07 Å². The first-order valence-corrected chi connectivity index (χ1v) is 5.79. The lowest BCUT2D eigenvalue weighted by Gasteiger charge is -2.20. The Morgan fingerprint density at radius 2 is 1.76 bits per heavy atom. The molecule has 94 valence electrons. The highest BCUT2D eigenvalue weighted by Crippen LogP contribution is 2.26. The van der Waals surface area contributed by atoms with Gasteiger partial charge in [0.1, 0.15) is 12.2 Å². The van der Waals surface area contributed by atoms with E-state index in [0.717, 1.165) is 24.3 Å². The number of anilines is 1. The Kier molecular flexibility index (Phi) is 3.99. The zero-order chi connectivity index (χ0) is 12.3. The highest BCUT2D eigenvalue weighted by Gasteiger charge is 2.33. The maximum absolute atomic E-state index is 9.34. The molecule has 1 aromatic carbocycles. The predicted octanol–water partition coefficient (Wildman–Crippen LogP) is 1.03. The molecule has 2 atom stereocenters. The van der Waals surface area contributed by atoms with Crippen molar-refractivity contribution in [2.45, 2.75) is 18.8 Å². The maximum Gasteiger partial charge on any atom is 0.102 e. The quantitative estimate of drug-likeness (QED) is 0.849. The second-order valence-corrected chi connectivity index (χ2v) is 4.24. The molecule has 1 aromatic rings. The molecular weight excluding hydrogens is 218 g/mol. The van der Waals surface area contributed by atoms with Gasteiger partial charge in [-0.2, -0.15) is 0 Å². The lowest BCUT2D eigenvalue weighted by atomic mass is 10.2. The van der Waals surface area contributed by atoms with Crippen molar-refractivity contribution >= 4 is 5.69 Å². The van der Waals surface area contributed by atoms with Crippen LogP contribution < -0.4 is 4.90 Å². The number of aliphatic hydroxyl groups excluding tert-OH is 1. The van der Waals surface area contributed by atoms with Gasteiger partial charge in [0, 0.05) is 38.6 Å². The Balaban J connectivity index is 2.18. The summed E-state index contributed by atoms with van der Waals surface area (Å²) in [5.41, 5.74) is 2.01. The van der Waals surface area contributed by atoms with E-state index in [1.165, 1.54) is 0 Å². The Morgan fingerprint density at radius 1 is 1.18 bits per heavy atom. The van der Waals surface area contributed by atoms with Gasteiger partial charge in [0.25, 0.3) is 0 Å². The molecule has 0 bridgehead atoms. The topological polar surface area (TPSA) is 41.9 Å². The van der Waals surface area contributed by atoms with E-state index in [1.54, 1.807) is 14.2 Å². The van der Waals surface area contributed by atoms with Crippen LogP contribution in [0.5, 0.6) is 0 Å². The molecule has 0 amide bonds. The van der Waals surface area contributed by atoms with Crippen molar-refractivity contribution < 1.29 is 14.6 Å². The highest BCUT2D eigenvalue weighted by molar-refractivity contribution is 5.54. The lowest BCUT2D eigenvalue weighted by Crippen LogP contribution is -2.27. The molecule has 1 saturated heterocycles. The van der Waals surface area contributed by atoms with Crippen LogP contribution in [-0.4, -0.2) is 44.6 Å². The molecule has 1 aliphatic heterocycles. The zero-order valence-electron chi connectivity index (χ0n) is 10.3. The van der Waals surface area contributed by atoms with Crippen LogP contribution in [0.2, 0.25) is 0 Å². The van der Waals surface area contributed by atoms with E-state index >= 15 is 0 Å². The summed E-state index contributed by atoms with van der Waals surface area (Å²) in [5, 5.41) is 9.34. The number of benzene rings is 1. The minimum atomic E-state index is 0.0575. The van der Waals surface area contributed by atoms with E-state index in [-0.39, 0.29) is 18.8 Å². The van der Waals surface area contributed by atoms with Gasteiger partial charge in [-0.3, -0.25) is 0 Å². The Morgan fingerprint density at radius 3 is 2.29 bits per heavy atom. The average molecular weight is 237 g/mol. The van der Waals surface area contributed by atoms with Crippen LogP contribution >= 0.6 is 0 Å². The van der Waals surface area contributed by atoms with Crippen molar-refractivity contribution in [3.63, 3.8) is 0 Å². The Bertz CT molecular complexity index is 357. The van der Waals surface area contributed by atoms with Gasteiger partial charge in [0.15, 0.2) is 0 Å². The summed E-state index contributed by atoms with van der Waals surface area (Å²) >= 11 is 0. The summed E-state index contributed by atoms with van der Waals surface area (Å²) in [4.78, 5) is 2.20. The number of ether oxygens (including phenoxy) is 2. The van der Waals surface area contributed by atoms with Gasteiger partial charge < -0.3 is 19.5 Å². The molecule has 17 heavy (non-hydrogen) atoms. The first kappa shape index (κ1) is 12.4. The van der Waals surface area contributed by atoms with Crippen LogP contribution in [0.4, 0.5) is 5.69 Å². The maximum atomic E-state index is 9.34. The van der Waals surface area contributed by atoms with Gasteiger partial charge in [-0.1, -0.05) is 18.2 Å². The third kappa shape index (κ3) is 2.44. The summed E-state index contributed by atoms with van der Waals surface area (Å²) in [6.45, 7) is 1.65. The van der Waals surface area contributed by atoms with Crippen molar-refractivity contribution in [1.29, 1.82) is 0 Å². The molecule has 0 aromatic heterocycles. The molecule has 0 radical (unpaired) electrons. The van der Waals surface area contributed by atoms with Gasteiger partial charge in [0.05, 0.1) is 6.61 Å². The molecule has 1 aliphatic rings. The van der Waals surface area contributed by atoms with E-state index in [0.29, 0.717) is 0 Å². The van der Waals surface area contributed by atoms with E-state index in [9.17, 15) is 5.11 Å². The predicted molar refractivity (Wildman–Crippen MR) is 66.2 cm³/mol. The van der Waals surface area contributed by atoms with Crippen LogP contribution in [-0.2, 0) is 16.1 Å². The number of nitrogens with zero attached hydrogens (tertiary/aromatic N) is 1. The molecule has 0 spiro atoms.